The lowest BCUT2D eigenvalue weighted by atomic mass is 9.60. The zero-order valence-corrected chi connectivity index (χ0v) is 13.6. The number of aromatic nitrogens is 1. The fourth-order valence-electron chi connectivity index (χ4n) is 4.43. The molecule has 2 fully saturated rings. The number of nitrogens with zero attached hydrogens (tertiary/aromatic N) is 1. The Hall–Kier alpha value is -2.36. The number of ether oxygens (including phenoxy) is 1. The van der Waals surface area contributed by atoms with Crippen molar-refractivity contribution in [2.45, 2.75) is 31.2 Å². The molecule has 1 amide bonds. The molecule has 0 radical (unpaired) electrons. The summed E-state index contributed by atoms with van der Waals surface area (Å²) in [4.78, 5) is 16.3. The van der Waals surface area contributed by atoms with E-state index in [1.54, 1.807) is 18.5 Å². The molecule has 4 nitrogen and oxygen atoms in total. The van der Waals surface area contributed by atoms with Gasteiger partial charge in [0.2, 0.25) is 0 Å². The number of amides is 1. The molecular formula is C20H22N2O2. The summed E-state index contributed by atoms with van der Waals surface area (Å²) >= 11 is 0. The molecule has 0 saturated heterocycles. The predicted molar refractivity (Wildman–Crippen MR) is 91.7 cm³/mol. The van der Waals surface area contributed by atoms with Gasteiger partial charge < -0.3 is 10.1 Å². The van der Waals surface area contributed by atoms with Crippen molar-refractivity contribution in [1.29, 1.82) is 0 Å². The lowest BCUT2D eigenvalue weighted by molar-refractivity contribution is -0.126. The highest BCUT2D eigenvalue weighted by Crippen LogP contribution is 2.55. The molecule has 4 heteroatoms. The van der Waals surface area contributed by atoms with Crippen LogP contribution < -0.4 is 10.1 Å². The molecule has 1 aromatic carbocycles. The van der Waals surface area contributed by atoms with E-state index < -0.39 is 0 Å². The summed E-state index contributed by atoms with van der Waals surface area (Å²) in [5, 5.41) is 3.22. The number of fused-ring (bicyclic) bond motifs is 1. The third-order valence-corrected chi connectivity index (χ3v) is 5.45. The first-order valence-electron chi connectivity index (χ1n) is 8.70. The largest absolute Gasteiger partial charge is 0.482 e. The van der Waals surface area contributed by atoms with Crippen molar-refractivity contribution in [2.75, 3.05) is 6.61 Å². The summed E-state index contributed by atoms with van der Waals surface area (Å²) in [5.74, 6) is 2.37. The Bertz CT molecular complexity index is 689. The number of hydrogen-bond acceptors (Lipinski definition) is 3. The van der Waals surface area contributed by atoms with Gasteiger partial charge in [-0.05, 0) is 42.4 Å². The van der Waals surface area contributed by atoms with E-state index in [2.05, 4.69) is 34.6 Å². The van der Waals surface area contributed by atoms with Gasteiger partial charge >= 0.3 is 0 Å². The van der Waals surface area contributed by atoms with Crippen LogP contribution in [0.5, 0.6) is 5.75 Å². The number of rotatable bonds is 5. The molecule has 0 unspecified atom stereocenters. The van der Waals surface area contributed by atoms with Gasteiger partial charge in [0.1, 0.15) is 5.75 Å². The highest BCUT2D eigenvalue weighted by atomic mass is 16.5. The van der Waals surface area contributed by atoms with Crippen LogP contribution in [0.25, 0.3) is 0 Å². The minimum atomic E-state index is -0.0462. The number of pyridine rings is 1. The van der Waals surface area contributed by atoms with Gasteiger partial charge in [-0.25, -0.2) is 0 Å². The summed E-state index contributed by atoms with van der Waals surface area (Å²) in [7, 11) is 0. The van der Waals surface area contributed by atoms with Crippen molar-refractivity contribution in [3.8, 4) is 5.75 Å². The fraction of sp³-hybridized carbons (Fsp3) is 0.400. The van der Waals surface area contributed by atoms with E-state index >= 15 is 0 Å². The molecular weight excluding hydrogens is 300 g/mol. The normalized spacial score (nSPS) is 27.8. The fourth-order valence-corrected chi connectivity index (χ4v) is 4.43. The van der Waals surface area contributed by atoms with Crippen LogP contribution >= 0.6 is 0 Å². The summed E-state index contributed by atoms with van der Waals surface area (Å²) in [6, 6.07) is 14.4. The topological polar surface area (TPSA) is 51.2 Å². The van der Waals surface area contributed by atoms with Crippen molar-refractivity contribution in [3.05, 3.63) is 60.4 Å². The minimum Gasteiger partial charge on any atom is -0.482 e. The zero-order chi connectivity index (χ0) is 16.4. The summed E-state index contributed by atoms with van der Waals surface area (Å²) in [5.41, 5.74) is 1.35. The second-order valence-electron chi connectivity index (χ2n) is 6.77. The molecule has 4 atom stereocenters. The van der Waals surface area contributed by atoms with Gasteiger partial charge in [0.25, 0.3) is 5.91 Å². The third kappa shape index (κ3) is 2.88. The molecule has 4 rings (SSSR count). The maximum atomic E-state index is 12.3. The van der Waals surface area contributed by atoms with E-state index in [9.17, 15) is 4.79 Å². The molecule has 0 bridgehead atoms. The molecule has 2 aliphatic rings. The first-order valence-corrected chi connectivity index (χ1v) is 8.70. The van der Waals surface area contributed by atoms with E-state index in [0.717, 1.165) is 5.92 Å². The highest BCUT2D eigenvalue weighted by molar-refractivity contribution is 5.78. The maximum Gasteiger partial charge on any atom is 0.258 e. The third-order valence-electron chi connectivity index (χ3n) is 5.45. The molecule has 124 valence electrons. The second-order valence-corrected chi connectivity index (χ2v) is 6.77. The first-order chi connectivity index (χ1) is 11.8. The van der Waals surface area contributed by atoms with E-state index in [4.69, 9.17) is 4.74 Å². The van der Waals surface area contributed by atoms with Gasteiger partial charge in [0.15, 0.2) is 6.61 Å². The Kier molecular flexibility index (Phi) is 4.20. The van der Waals surface area contributed by atoms with Crippen LogP contribution in [-0.2, 0) is 4.79 Å². The van der Waals surface area contributed by atoms with Gasteiger partial charge in [0, 0.05) is 18.2 Å². The highest BCUT2D eigenvalue weighted by Gasteiger charge is 2.53. The predicted octanol–water partition coefficient (Wildman–Crippen LogP) is 3.16. The SMILES string of the molecule is O=C(COc1cccnc1)N[C@@H]1[C@@H]2CCC[C@@H]2[C@H]1c1ccccc1. The number of carbonyl (C=O) groups excluding carboxylic acids is 1. The van der Waals surface area contributed by atoms with Crippen LogP contribution in [0, 0.1) is 11.8 Å². The Morgan fingerprint density at radius 2 is 1.96 bits per heavy atom. The number of nitrogens with one attached hydrogen (secondary N) is 1. The van der Waals surface area contributed by atoms with E-state index in [0.29, 0.717) is 17.6 Å². The van der Waals surface area contributed by atoms with Crippen LogP contribution in [-0.4, -0.2) is 23.5 Å². The lowest BCUT2D eigenvalue weighted by Gasteiger charge is -2.49. The van der Waals surface area contributed by atoms with Crippen molar-refractivity contribution in [2.24, 2.45) is 11.8 Å². The Balaban J connectivity index is 1.40. The lowest BCUT2D eigenvalue weighted by Crippen LogP contribution is -2.57. The Morgan fingerprint density at radius 1 is 1.12 bits per heavy atom. The van der Waals surface area contributed by atoms with E-state index in [1.165, 1.54) is 24.8 Å². The van der Waals surface area contributed by atoms with Crippen molar-refractivity contribution in [3.63, 3.8) is 0 Å². The van der Waals surface area contributed by atoms with Gasteiger partial charge in [-0.3, -0.25) is 9.78 Å². The van der Waals surface area contributed by atoms with Crippen LogP contribution in [0.3, 0.4) is 0 Å². The molecule has 1 N–H and O–H groups in total. The number of carbonyl (C=O) groups is 1. The summed E-state index contributed by atoms with van der Waals surface area (Å²) < 4.78 is 5.52. The molecule has 1 aromatic heterocycles. The zero-order valence-electron chi connectivity index (χ0n) is 13.6. The van der Waals surface area contributed by atoms with Gasteiger partial charge in [-0.1, -0.05) is 36.8 Å². The average molecular weight is 322 g/mol. The summed E-state index contributed by atoms with van der Waals surface area (Å²) in [6.07, 6.45) is 7.09. The van der Waals surface area contributed by atoms with Crippen molar-refractivity contribution in [1.82, 2.24) is 10.3 Å². The maximum absolute atomic E-state index is 12.3. The Labute approximate surface area is 142 Å². The number of benzene rings is 1. The Morgan fingerprint density at radius 3 is 2.75 bits per heavy atom. The molecule has 1 heterocycles. The molecule has 2 aliphatic carbocycles. The summed E-state index contributed by atoms with van der Waals surface area (Å²) in [6.45, 7) is 0.0427. The molecule has 2 saturated carbocycles. The van der Waals surface area contributed by atoms with Crippen LogP contribution in [0.15, 0.2) is 54.9 Å². The first kappa shape index (κ1) is 15.2. The number of hydrogen-bond donors (Lipinski definition) is 1. The standard InChI is InChI=1S/C20H22N2O2/c23-18(13-24-15-8-5-11-21-12-15)22-20-17-10-4-9-16(17)19(20)14-6-2-1-3-7-14/h1-3,5-8,11-12,16-17,19-20H,4,9-10,13H2,(H,22,23)/t16-,17+,19+,20+/m0/s1. The van der Waals surface area contributed by atoms with Crippen molar-refractivity contribution >= 4 is 5.91 Å². The van der Waals surface area contributed by atoms with Crippen LogP contribution in [0.1, 0.15) is 30.7 Å². The molecule has 2 aromatic rings. The van der Waals surface area contributed by atoms with Gasteiger partial charge in [0.05, 0.1) is 6.20 Å². The molecule has 0 aliphatic heterocycles. The minimum absolute atomic E-state index is 0.0427. The van der Waals surface area contributed by atoms with E-state index in [-0.39, 0.29) is 18.6 Å². The smallest absolute Gasteiger partial charge is 0.258 e. The molecule has 0 spiro atoms. The van der Waals surface area contributed by atoms with Gasteiger partial charge in [-0.15, -0.1) is 0 Å². The monoisotopic (exact) mass is 322 g/mol. The molecule has 24 heavy (non-hydrogen) atoms. The van der Waals surface area contributed by atoms with Gasteiger partial charge in [-0.2, -0.15) is 0 Å². The van der Waals surface area contributed by atoms with E-state index in [1.807, 2.05) is 12.1 Å². The van der Waals surface area contributed by atoms with Crippen LogP contribution in [0.2, 0.25) is 0 Å². The van der Waals surface area contributed by atoms with Crippen molar-refractivity contribution < 1.29 is 9.53 Å². The quantitative estimate of drug-likeness (QED) is 0.920. The average Bonchev–Trinajstić information content (AvgIpc) is 3.04. The second kappa shape index (κ2) is 6.63. The van der Waals surface area contributed by atoms with Crippen LogP contribution in [0.4, 0.5) is 0 Å².